The van der Waals surface area contributed by atoms with E-state index >= 15 is 0 Å². The first-order valence-electron chi connectivity index (χ1n) is 7.08. The van der Waals surface area contributed by atoms with Crippen LogP contribution in [-0.2, 0) is 17.8 Å². The van der Waals surface area contributed by atoms with Crippen molar-refractivity contribution in [2.45, 2.75) is 20.0 Å². The molecule has 0 amide bonds. The third-order valence-electron chi connectivity index (χ3n) is 3.26. The molecule has 0 saturated carbocycles. The fraction of sp³-hybridized carbons (Fsp3) is 0.188. The maximum Gasteiger partial charge on any atom is 0.342 e. The summed E-state index contributed by atoms with van der Waals surface area (Å²) in [7, 11) is 0. The van der Waals surface area contributed by atoms with Crippen molar-refractivity contribution in [1.82, 2.24) is 14.8 Å². The summed E-state index contributed by atoms with van der Waals surface area (Å²) in [6.07, 6.45) is 3.86. The fourth-order valence-electron chi connectivity index (χ4n) is 2.20. The van der Waals surface area contributed by atoms with Gasteiger partial charge in [-0.3, -0.25) is 0 Å². The second-order valence-electron chi connectivity index (χ2n) is 4.74. The topological polar surface area (TPSA) is 57.0 Å². The number of ether oxygens (including phenoxy) is 1. The molecule has 3 aromatic rings. The van der Waals surface area contributed by atoms with Crippen LogP contribution in [0.4, 0.5) is 0 Å². The number of hydrogen-bond acceptors (Lipinski definition) is 5. The molecule has 0 saturated heterocycles. The Morgan fingerprint density at radius 2 is 2.22 bits per heavy atom. The Bertz CT molecular complexity index is 814. The summed E-state index contributed by atoms with van der Waals surface area (Å²) in [6, 6.07) is 9.18. The highest BCUT2D eigenvalue weighted by atomic mass is 35.5. The van der Waals surface area contributed by atoms with Gasteiger partial charge in [0.25, 0.3) is 0 Å². The Hall–Kier alpha value is -2.18. The molecule has 0 N–H and O–H groups in total. The zero-order chi connectivity index (χ0) is 16.2. The average molecular weight is 348 g/mol. The minimum atomic E-state index is -0.395. The number of hydrogen-bond donors (Lipinski definition) is 0. The molecule has 0 aliphatic heterocycles. The number of carbonyl (C=O) groups excluding carboxylic acids is 1. The van der Waals surface area contributed by atoms with E-state index in [4.69, 9.17) is 16.3 Å². The van der Waals surface area contributed by atoms with Crippen LogP contribution in [0.1, 0.15) is 27.9 Å². The quantitative estimate of drug-likeness (QED) is 0.657. The molecule has 0 atom stereocenters. The van der Waals surface area contributed by atoms with Crippen LogP contribution < -0.4 is 0 Å². The highest BCUT2D eigenvalue weighted by molar-refractivity contribution is 7.16. The van der Waals surface area contributed by atoms with E-state index in [-0.39, 0.29) is 6.61 Å². The Balaban J connectivity index is 1.79. The summed E-state index contributed by atoms with van der Waals surface area (Å²) in [4.78, 5) is 17.5. The Morgan fingerprint density at radius 1 is 1.35 bits per heavy atom. The number of halogens is 1. The first-order chi connectivity index (χ1) is 11.2. The fourth-order valence-corrected chi connectivity index (χ4v) is 3.21. The van der Waals surface area contributed by atoms with Crippen LogP contribution in [0.2, 0.25) is 4.34 Å². The first-order valence-corrected chi connectivity index (χ1v) is 8.28. The number of esters is 1. The van der Waals surface area contributed by atoms with Crippen LogP contribution in [0.3, 0.4) is 0 Å². The summed E-state index contributed by atoms with van der Waals surface area (Å²) < 4.78 is 7.70. The van der Waals surface area contributed by atoms with Crippen molar-refractivity contribution in [3.05, 3.63) is 63.2 Å². The SMILES string of the molecule is CCc1c(C(=O)OCc2ccc(Cl)s2)cnn1-c1ccccn1. The van der Waals surface area contributed by atoms with Gasteiger partial charge in [-0.25, -0.2) is 14.5 Å². The van der Waals surface area contributed by atoms with Crippen LogP contribution in [0.15, 0.2) is 42.7 Å². The lowest BCUT2D eigenvalue weighted by Crippen LogP contribution is -2.09. The van der Waals surface area contributed by atoms with E-state index in [2.05, 4.69) is 10.1 Å². The van der Waals surface area contributed by atoms with Gasteiger partial charge in [0.05, 0.1) is 16.2 Å². The molecular formula is C16H14ClN3O2S. The maximum absolute atomic E-state index is 12.3. The molecule has 0 radical (unpaired) electrons. The second-order valence-corrected chi connectivity index (χ2v) is 6.54. The van der Waals surface area contributed by atoms with E-state index < -0.39 is 5.97 Å². The third-order valence-corrected chi connectivity index (χ3v) is 4.47. The van der Waals surface area contributed by atoms with Gasteiger partial charge in [-0.1, -0.05) is 24.6 Å². The van der Waals surface area contributed by atoms with Gasteiger partial charge in [0.15, 0.2) is 5.82 Å². The minimum Gasteiger partial charge on any atom is -0.456 e. The lowest BCUT2D eigenvalue weighted by molar-refractivity contribution is 0.0475. The van der Waals surface area contributed by atoms with Crippen molar-refractivity contribution in [3.8, 4) is 5.82 Å². The Kier molecular flexibility index (Phi) is 4.73. The van der Waals surface area contributed by atoms with E-state index in [0.717, 1.165) is 10.6 Å². The largest absolute Gasteiger partial charge is 0.456 e. The van der Waals surface area contributed by atoms with Gasteiger partial charge in [-0.05, 0) is 30.7 Å². The summed E-state index contributed by atoms with van der Waals surface area (Å²) in [5, 5.41) is 4.27. The standard InChI is InChI=1S/C16H14ClN3O2S/c1-2-13-12(9-19-20(13)15-5-3-4-8-18-15)16(21)22-10-11-6-7-14(17)23-11/h3-9H,2,10H2,1H3. The van der Waals surface area contributed by atoms with Crippen molar-refractivity contribution < 1.29 is 9.53 Å². The molecule has 3 rings (SSSR count). The average Bonchev–Trinajstić information content (AvgIpc) is 3.19. The highest BCUT2D eigenvalue weighted by Crippen LogP contribution is 2.23. The third kappa shape index (κ3) is 3.43. The Labute approximate surface area is 142 Å². The first kappa shape index (κ1) is 15.7. The van der Waals surface area contributed by atoms with E-state index in [9.17, 15) is 4.79 Å². The van der Waals surface area contributed by atoms with Crippen molar-refractivity contribution >= 4 is 28.9 Å². The van der Waals surface area contributed by atoms with Crippen molar-refractivity contribution in [2.75, 3.05) is 0 Å². The minimum absolute atomic E-state index is 0.203. The predicted octanol–water partition coefficient (Wildman–Crippen LogP) is 3.90. The lowest BCUT2D eigenvalue weighted by atomic mass is 10.2. The molecule has 0 aliphatic carbocycles. The molecule has 7 heteroatoms. The Morgan fingerprint density at radius 3 is 2.87 bits per heavy atom. The van der Waals surface area contributed by atoms with E-state index in [1.807, 2.05) is 31.2 Å². The number of carbonyl (C=O) groups is 1. The number of nitrogens with zero attached hydrogens (tertiary/aromatic N) is 3. The zero-order valence-electron chi connectivity index (χ0n) is 12.4. The normalized spacial score (nSPS) is 10.7. The van der Waals surface area contributed by atoms with Gasteiger partial charge in [-0.15, -0.1) is 11.3 Å². The molecule has 23 heavy (non-hydrogen) atoms. The van der Waals surface area contributed by atoms with Crippen molar-refractivity contribution in [1.29, 1.82) is 0 Å². The molecular weight excluding hydrogens is 334 g/mol. The second kappa shape index (κ2) is 6.93. The van der Waals surface area contributed by atoms with Gasteiger partial charge < -0.3 is 4.74 Å². The van der Waals surface area contributed by atoms with Crippen molar-refractivity contribution in [3.63, 3.8) is 0 Å². The number of pyridine rings is 1. The summed E-state index contributed by atoms with van der Waals surface area (Å²) in [6.45, 7) is 2.17. The summed E-state index contributed by atoms with van der Waals surface area (Å²) >= 11 is 7.26. The van der Waals surface area contributed by atoms with Gasteiger partial charge in [0.1, 0.15) is 12.2 Å². The van der Waals surface area contributed by atoms with E-state index in [0.29, 0.717) is 22.1 Å². The highest BCUT2D eigenvalue weighted by Gasteiger charge is 2.19. The monoisotopic (exact) mass is 347 g/mol. The lowest BCUT2D eigenvalue weighted by Gasteiger charge is -2.07. The number of aromatic nitrogens is 3. The predicted molar refractivity (Wildman–Crippen MR) is 89.2 cm³/mol. The van der Waals surface area contributed by atoms with Gasteiger partial charge in [0, 0.05) is 11.1 Å². The van der Waals surface area contributed by atoms with Crippen LogP contribution >= 0.6 is 22.9 Å². The molecule has 5 nitrogen and oxygen atoms in total. The molecule has 0 unspecified atom stereocenters. The maximum atomic E-state index is 12.3. The molecule has 118 valence electrons. The molecule has 3 aromatic heterocycles. The summed E-state index contributed by atoms with van der Waals surface area (Å²) in [5.74, 6) is 0.280. The van der Waals surface area contributed by atoms with Gasteiger partial charge in [0.2, 0.25) is 0 Å². The van der Waals surface area contributed by atoms with E-state index in [1.165, 1.54) is 17.5 Å². The van der Waals surface area contributed by atoms with E-state index in [1.54, 1.807) is 16.9 Å². The van der Waals surface area contributed by atoms with Crippen LogP contribution in [-0.4, -0.2) is 20.7 Å². The summed E-state index contributed by atoms with van der Waals surface area (Å²) in [5.41, 5.74) is 1.23. The molecule has 0 bridgehead atoms. The zero-order valence-corrected chi connectivity index (χ0v) is 14.0. The van der Waals surface area contributed by atoms with Gasteiger partial charge in [-0.2, -0.15) is 5.10 Å². The molecule has 0 aliphatic rings. The van der Waals surface area contributed by atoms with Crippen LogP contribution in [0.5, 0.6) is 0 Å². The smallest absolute Gasteiger partial charge is 0.342 e. The van der Waals surface area contributed by atoms with Crippen molar-refractivity contribution in [2.24, 2.45) is 0 Å². The molecule has 0 fully saturated rings. The van der Waals surface area contributed by atoms with Gasteiger partial charge >= 0.3 is 5.97 Å². The number of rotatable bonds is 5. The molecule has 0 spiro atoms. The molecule has 0 aromatic carbocycles. The number of thiophene rings is 1. The van der Waals surface area contributed by atoms with Crippen LogP contribution in [0.25, 0.3) is 5.82 Å². The van der Waals surface area contributed by atoms with Crippen LogP contribution in [0, 0.1) is 0 Å². The molecule has 3 heterocycles.